The van der Waals surface area contributed by atoms with Gasteiger partial charge in [0.25, 0.3) is 0 Å². The molecule has 1 atom stereocenters. The highest BCUT2D eigenvalue weighted by Gasteiger charge is 2.12. The average molecular weight is 347 g/mol. The van der Waals surface area contributed by atoms with Gasteiger partial charge in [-0.3, -0.25) is 0 Å². The molecule has 1 unspecified atom stereocenters. The standard InChI is InChI=1S/C15H11BrN2OS/c1-20(19)18-15(11-6-4-7-13(16)9-11)14-8-3-2-5-12(14)10-17/h2-9H,1H3. The summed E-state index contributed by atoms with van der Waals surface area (Å²) in [4.78, 5) is 0. The van der Waals surface area contributed by atoms with Crippen LogP contribution in [0.1, 0.15) is 16.7 Å². The molecule has 0 aromatic heterocycles. The summed E-state index contributed by atoms with van der Waals surface area (Å²) in [6, 6.07) is 16.9. The Labute approximate surface area is 128 Å². The van der Waals surface area contributed by atoms with E-state index >= 15 is 0 Å². The van der Waals surface area contributed by atoms with E-state index in [-0.39, 0.29) is 0 Å². The predicted octanol–water partition coefficient (Wildman–Crippen LogP) is 3.45. The molecule has 3 nitrogen and oxygen atoms in total. The van der Waals surface area contributed by atoms with Crippen molar-refractivity contribution in [3.63, 3.8) is 0 Å². The lowest BCUT2D eigenvalue weighted by Gasteiger charge is -2.08. The summed E-state index contributed by atoms with van der Waals surface area (Å²) < 4.78 is 16.6. The maximum absolute atomic E-state index is 11.5. The summed E-state index contributed by atoms with van der Waals surface area (Å²) in [5.74, 6) is 0. The Hall–Kier alpha value is -1.77. The molecule has 0 heterocycles. The molecule has 0 bridgehead atoms. The largest absolute Gasteiger partial charge is 0.235 e. The minimum atomic E-state index is -1.35. The number of halogens is 1. The number of nitriles is 1. The van der Waals surface area contributed by atoms with Crippen LogP contribution in [-0.4, -0.2) is 16.2 Å². The van der Waals surface area contributed by atoms with Crippen LogP contribution in [0.3, 0.4) is 0 Å². The molecule has 0 aliphatic carbocycles. The highest BCUT2D eigenvalue weighted by atomic mass is 79.9. The minimum Gasteiger partial charge on any atom is -0.235 e. The Morgan fingerprint density at radius 2 is 2.00 bits per heavy atom. The summed E-state index contributed by atoms with van der Waals surface area (Å²) >= 11 is 3.41. The van der Waals surface area contributed by atoms with Gasteiger partial charge in [-0.25, -0.2) is 4.21 Å². The van der Waals surface area contributed by atoms with Crippen molar-refractivity contribution < 1.29 is 4.21 Å². The third-order valence-electron chi connectivity index (χ3n) is 2.62. The molecule has 0 N–H and O–H groups in total. The van der Waals surface area contributed by atoms with Gasteiger partial charge in [-0.2, -0.15) is 9.66 Å². The van der Waals surface area contributed by atoms with Gasteiger partial charge in [-0.15, -0.1) is 0 Å². The molecule has 2 aromatic carbocycles. The van der Waals surface area contributed by atoms with E-state index in [1.54, 1.807) is 12.1 Å². The number of benzene rings is 2. The lowest BCUT2D eigenvalue weighted by molar-refractivity contribution is 0.688. The molecule has 0 fully saturated rings. The fraction of sp³-hybridized carbons (Fsp3) is 0.0667. The Morgan fingerprint density at radius 1 is 1.25 bits per heavy atom. The first kappa shape index (κ1) is 14.6. The molecular weight excluding hydrogens is 336 g/mol. The molecule has 0 amide bonds. The second-order valence-electron chi connectivity index (χ2n) is 4.03. The fourth-order valence-electron chi connectivity index (χ4n) is 1.81. The summed E-state index contributed by atoms with van der Waals surface area (Å²) in [5, 5.41) is 9.21. The summed E-state index contributed by atoms with van der Waals surface area (Å²) in [5.41, 5.74) is 2.57. The van der Waals surface area contributed by atoms with E-state index in [9.17, 15) is 9.47 Å². The van der Waals surface area contributed by atoms with Gasteiger partial charge in [0.15, 0.2) is 0 Å². The van der Waals surface area contributed by atoms with Crippen LogP contribution in [0.2, 0.25) is 0 Å². The van der Waals surface area contributed by atoms with Crippen molar-refractivity contribution in [2.24, 2.45) is 4.40 Å². The van der Waals surface area contributed by atoms with E-state index in [4.69, 9.17) is 0 Å². The normalized spacial score (nSPS) is 12.8. The lowest BCUT2D eigenvalue weighted by atomic mass is 9.98. The first-order valence-corrected chi connectivity index (χ1v) is 8.10. The van der Waals surface area contributed by atoms with Crippen LogP contribution in [0.4, 0.5) is 0 Å². The number of rotatable bonds is 3. The third kappa shape index (κ3) is 3.41. The minimum absolute atomic E-state index is 0.511. The molecule has 0 radical (unpaired) electrons. The molecule has 0 saturated heterocycles. The van der Waals surface area contributed by atoms with E-state index in [2.05, 4.69) is 26.4 Å². The molecule has 0 spiro atoms. The number of nitrogens with zero attached hydrogens (tertiary/aromatic N) is 2. The average Bonchev–Trinajstić information content (AvgIpc) is 2.44. The van der Waals surface area contributed by atoms with Crippen molar-refractivity contribution in [2.45, 2.75) is 0 Å². The highest BCUT2D eigenvalue weighted by Crippen LogP contribution is 2.19. The van der Waals surface area contributed by atoms with Crippen LogP contribution >= 0.6 is 15.9 Å². The van der Waals surface area contributed by atoms with Crippen molar-refractivity contribution in [1.29, 1.82) is 5.26 Å². The molecule has 0 aliphatic heterocycles. The topological polar surface area (TPSA) is 53.2 Å². The molecule has 2 rings (SSSR count). The Morgan fingerprint density at radius 3 is 2.65 bits per heavy atom. The van der Waals surface area contributed by atoms with Crippen molar-refractivity contribution in [3.05, 3.63) is 69.7 Å². The Balaban J connectivity index is 2.67. The third-order valence-corrected chi connectivity index (χ3v) is 3.55. The molecular formula is C15H11BrN2OS. The fourth-order valence-corrected chi connectivity index (χ4v) is 2.67. The van der Waals surface area contributed by atoms with Crippen LogP contribution in [0, 0.1) is 11.3 Å². The molecule has 20 heavy (non-hydrogen) atoms. The quantitative estimate of drug-likeness (QED) is 0.799. The van der Waals surface area contributed by atoms with E-state index < -0.39 is 11.0 Å². The maximum atomic E-state index is 11.5. The Kier molecular flexibility index (Phi) is 4.83. The molecule has 100 valence electrons. The first-order chi connectivity index (χ1) is 9.61. The van der Waals surface area contributed by atoms with E-state index in [0.29, 0.717) is 16.8 Å². The monoisotopic (exact) mass is 346 g/mol. The van der Waals surface area contributed by atoms with Crippen LogP contribution in [-0.2, 0) is 11.0 Å². The van der Waals surface area contributed by atoms with Gasteiger partial charge in [-0.05, 0) is 18.2 Å². The zero-order chi connectivity index (χ0) is 14.5. The van der Waals surface area contributed by atoms with Crippen LogP contribution in [0.25, 0.3) is 0 Å². The van der Waals surface area contributed by atoms with Crippen molar-refractivity contribution in [2.75, 3.05) is 6.26 Å². The Bertz CT molecular complexity index is 735. The lowest BCUT2D eigenvalue weighted by Crippen LogP contribution is -2.07. The second-order valence-corrected chi connectivity index (χ2v) is 5.98. The van der Waals surface area contributed by atoms with Crippen LogP contribution in [0.15, 0.2) is 57.4 Å². The van der Waals surface area contributed by atoms with Gasteiger partial charge in [0, 0.05) is 21.9 Å². The summed E-state index contributed by atoms with van der Waals surface area (Å²) in [7, 11) is -1.35. The predicted molar refractivity (Wildman–Crippen MR) is 85.0 cm³/mol. The van der Waals surface area contributed by atoms with Crippen molar-refractivity contribution in [3.8, 4) is 6.07 Å². The first-order valence-electron chi connectivity index (χ1n) is 5.79. The molecule has 2 aromatic rings. The van der Waals surface area contributed by atoms with E-state index in [0.717, 1.165) is 10.0 Å². The molecule has 0 saturated carbocycles. The number of hydrogen-bond donors (Lipinski definition) is 0. The van der Waals surface area contributed by atoms with Gasteiger partial charge >= 0.3 is 0 Å². The van der Waals surface area contributed by atoms with E-state index in [1.807, 2.05) is 36.4 Å². The smallest absolute Gasteiger partial charge is 0.136 e. The van der Waals surface area contributed by atoms with Gasteiger partial charge in [0.1, 0.15) is 11.0 Å². The van der Waals surface area contributed by atoms with Crippen molar-refractivity contribution in [1.82, 2.24) is 0 Å². The van der Waals surface area contributed by atoms with Gasteiger partial charge in [0.2, 0.25) is 0 Å². The van der Waals surface area contributed by atoms with Crippen molar-refractivity contribution >= 4 is 32.6 Å². The van der Waals surface area contributed by atoms with Gasteiger partial charge < -0.3 is 0 Å². The van der Waals surface area contributed by atoms with Gasteiger partial charge in [-0.1, -0.05) is 46.3 Å². The van der Waals surface area contributed by atoms with Gasteiger partial charge in [0.05, 0.1) is 17.3 Å². The van der Waals surface area contributed by atoms with Crippen LogP contribution < -0.4 is 0 Å². The zero-order valence-electron chi connectivity index (χ0n) is 10.7. The summed E-state index contributed by atoms with van der Waals surface area (Å²) in [6.45, 7) is 0. The van der Waals surface area contributed by atoms with E-state index in [1.165, 1.54) is 6.26 Å². The maximum Gasteiger partial charge on any atom is 0.136 e. The second kappa shape index (κ2) is 6.60. The molecule has 5 heteroatoms. The SMILES string of the molecule is CS(=O)N=C(c1cccc(Br)c1)c1ccccc1C#N. The molecule has 0 aliphatic rings. The highest BCUT2D eigenvalue weighted by molar-refractivity contribution is 9.10. The summed E-state index contributed by atoms with van der Waals surface area (Å²) in [6.07, 6.45) is 1.51. The zero-order valence-corrected chi connectivity index (χ0v) is 13.1. The number of hydrogen-bond acceptors (Lipinski definition) is 2. The van der Waals surface area contributed by atoms with Crippen LogP contribution in [0.5, 0.6) is 0 Å².